The van der Waals surface area contributed by atoms with E-state index >= 15 is 0 Å². The Morgan fingerprint density at radius 1 is 1.06 bits per heavy atom. The van der Waals surface area contributed by atoms with E-state index < -0.39 is 6.04 Å². The molecule has 6 heteroatoms. The smallest absolute Gasteiger partial charge is 0.261 e. The van der Waals surface area contributed by atoms with E-state index in [2.05, 4.69) is 33.0 Å². The molecule has 1 N–H and O–H groups in total. The summed E-state index contributed by atoms with van der Waals surface area (Å²) in [6.45, 7) is 10.9. The fraction of sp³-hybridized carbons (Fsp3) is 0.481. The van der Waals surface area contributed by atoms with Gasteiger partial charge in [-0.3, -0.25) is 9.59 Å². The van der Waals surface area contributed by atoms with Crippen molar-refractivity contribution in [3.63, 3.8) is 0 Å². The van der Waals surface area contributed by atoms with Gasteiger partial charge in [0.25, 0.3) is 5.91 Å². The Bertz CT molecular complexity index is 903. The van der Waals surface area contributed by atoms with Gasteiger partial charge in [-0.05, 0) is 48.1 Å². The molecule has 0 unspecified atom stereocenters. The Kier molecular flexibility index (Phi) is 9.76. The highest BCUT2D eigenvalue weighted by Crippen LogP contribution is 2.31. The zero-order valence-corrected chi connectivity index (χ0v) is 20.8. The van der Waals surface area contributed by atoms with Crippen LogP contribution in [0.2, 0.25) is 0 Å². The third kappa shape index (κ3) is 7.81. The zero-order valence-electron chi connectivity index (χ0n) is 20.8. The minimum atomic E-state index is -0.627. The van der Waals surface area contributed by atoms with Gasteiger partial charge in [0.15, 0.2) is 6.61 Å². The molecule has 2 amide bonds. The number of methoxy groups -OCH3 is 1. The number of hydrogen-bond acceptors (Lipinski definition) is 4. The SMILES string of the molecule is CCCCNC(=O)[C@H](C)N(Cc1ccc(OC)cc1)C(=O)COc1ccccc1C(C)(C)C. The topological polar surface area (TPSA) is 67.9 Å². The van der Waals surface area contributed by atoms with Crippen molar-refractivity contribution in [2.45, 2.75) is 65.5 Å². The molecule has 0 saturated carbocycles. The maximum absolute atomic E-state index is 13.3. The molecule has 2 aromatic carbocycles. The molecule has 0 saturated heterocycles. The van der Waals surface area contributed by atoms with Crippen LogP contribution in [0.15, 0.2) is 48.5 Å². The highest BCUT2D eigenvalue weighted by molar-refractivity contribution is 5.88. The molecule has 2 rings (SSSR count). The summed E-state index contributed by atoms with van der Waals surface area (Å²) in [6.07, 6.45) is 1.89. The van der Waals surface area contributed by atoms with E-state index in [4.69, 9.17) is 9.47 Å². The van der Waals surface area contributed by atoms with E-state index in [0.717, 1.165) is 29.7 Å². The molecule has 0 heterocycles. The highest BCUT2D eigenvalue weighted by Gasteiger charge is 2.27. The number of para-hydroxylation sites is 1. The van der Waals surface area contributed by atoms with Crippen molar-refractivity contribution in [2.75, 3.05) is 20.3 Å². The second-order valence-corrected chi connectivity index (χ2v) is 9.23. The molecular formula is C27H38N2O4. The standard InChI is InChI=1S/C27H38N2O4/c1-7-8-17-28-26(31)20(2)29(18-21-13-15-22(32-6)16-14-21)25(30)19-33-24-12-10-9-11-23(24)27(3,4)5/h9-16,20H,7-8,17-19H2,1-6H3,(H,28,31)/t20-/m0/s1. The molecule has 0 fully saturated rings. The summed E-state index contributed by atoms with van der Waals surface area (Å²) >= 11 is 0. The summed E-state index contributed by atoms with van der Waals surface area (Å²) < 4.78 is 11.2. The van der Waals surface area contributed by atoms with Gasteiger partial charge >= 0.3 is 0 Å². The van der Waals surface area contributed by atoms with Crippen LogP contribution in [0.1, 0.15) is 58.6 Å². The number of carbonyl (C=O) groups excluding carboxylic acids is 2. The van der Waals surface area contributed by atoms with Gasteiger partial charge in [-0.2, -0.15) is 0 Å². The number of carbonyl (C=O) groups is 2. The van der Waals surface area contributed by atoms with Crippen LogP contribution in [0.25, 0.3) is 0 Å². The normalized spacial score (nSPS) is 12.1. The number of amides is 2. The van der Waals surface area contributed by atoms with Crippen molar-refractivity contribution < 1.29 is 19.1 Å². The second kappa shape index (κ2) is 12.3. The predicted molar refractivity (Wildman–Crippen MR) is 132 cm³/mol. The molecule has 1 atom stereocenters. The third-order valence-corrected chi connectivity index (χ3v) is 5.56. The fourth-order valence-electron chi connectivity index (χ4n) is 3.48. The Hall–Kier alpha value is -3.02. The average Bonchev–Trinajstić information content (AvgIpc) is 2.80. The van der Waals surface area contributed by atoms with Crippen LogP contribution >= 0.6 is 0 Å². The van der Waals surface area contributed by atoms with E-state index in [1.807, 2.05) is 48.5 Å². The molecule has 0 bridgehead atoms. The Morgan fingerprint density at radius 2 is 1.73 bits per heavy atom. The van der Waals surface area contributed by atoms with Crippen molar-refractivity contribution in [1.29, 1.82) is 0 Å². The summed E-state index contributed by atoms with van der Waals surface area (Å²) in [6, 6.07) is 14.6. The molecule has 6 nitrogen and oxygen atoms in total. The van der Waals surface area contributed by atoms with Crippen LogP contribution in [-0.2, 0) is 21.5 Å². The van der Waals surface area contributed by atoms with Crippen molar-refractivity contribution in [3.8, 4) is 11.5 Å². The van der Waals surface area contributed by atoms with Crippen LogP contribution in [0.5, 0.6) is 11.5 Å². The van der Waals surface area contributed by atoms with Gasteiger partial charge in [0.05, 0.1) is 7.11 Å². The lowest BCUT2D eigenvalue weighted by molar-refractivity contribution is -0.142. The van der Waals surface area contributed by atoms with E-state index in [1.165, 1.54) is 0 Å². The first kappa shape index (κ1) is 26.2. The van der Waals surface area contributed by atoms with Crippen LogP contribution in [0.4, 0.5) is 0 Å². The second-order valence-electron chi connectivity index (χ2n) is 9.23. The van der Waals surface area contributed by atoms with E-state index in [1.54, 1.807) is 18.9 Å². The largest absolute Gasteiger partial charge is 0.497 e. The number of benzene rings is 2. The lowest BCUT2D eigenvalue weighted by Crippen LogP contribution is -2.49. The highest BCUT2D eigenvalue weighted by atomic mass is 16.5. The van der Waals surface area contributed by atoms with Crippen LogP contribution < -0.4 is 14.8 Å². The summed E-state index contributed by atoms with van der Waals surface area (Å²) in [7, 11) is 1.61. The Morgan fingerprint density at radius 3 is 2.33 bits per heavy atom. The van der Waals surface area contributed by atoms with E-state index in [-0.39, 0.29) is 23.8 Å². The summed E-state index contributed by atoms with van der Waals surface area (Å²) in [4.78, 5) is 27.6. The quantitative estimate of drug-likeness (QED) is 0.500. The maximum Gasteiger partial charge on any atom is 0.261 e. The molecule has 33 heavy (non-hydrogen) atoms. The van der Waals surface area contributed by atoms with Crippen molar-refractivity contribution in [2.24, 2.45) is 0 Å². The number of rotatable bonds is 11. The monoisotopic (exact) mass is 454 g/mol. The van der Waals surface area contributed by atoms with Crippen molar-refractivity contribution in [1.82, 2.24) is 10.2 Å². The van der Waals surface area contributed by atoms with Gasteiger partial charge in [-0.1, -0.05) is 64.4 Å². The van der Waals surface area contributed by atoms with E-state index in [0.29, 0.717) is 18.8 Å². The van der Waals surface area contributed by atoms with Crippen LogP contribution in [-0.4, -0.2) is 43.0 Å². The predicted octanol–water partition coefficient (Wildman–Crippen LogP) is 4.71. The van der Waals surface area contributed by atoms with Gasteiger partial charge < -0.3 is 19.7 Å². The molecule has 0 spiro atoms. The van der Waals surface area contributed by atoms with Crippen LogP contribution in [0.3, 0.4) is 0 Å². The van der Waals surface area contributed by atoms with Crippen molar-refractivity contribution in [3.05, 3.63) is 59.7 Å². The van der Waals surface area contributed by atoms with Crippen molar-refractivity contribution >= 4 is 11.8 Å². The molecule has 0 radical (unpaired) electrons. The summed E-state index contributed by atoms with van der Waals surface area (Å²) in [5.74, 6) is 1.01. The lowest BCUT2D eigenvalue weighted by atomic mass is 9.86. The molecule has 0 aromatic heterocycles. The molecule has 180 valence electrons. The molecule has 2 aromatic rings. The number of nitrogens with one attached hydrogen (secondary N) is 1. The third-order valence-electron chi connectivity index (χ3n) is 5.56. The van der Waals surface area contributed by atoms with E-state index in [9.17, 15) is 9.59 Å². The van der Waals surface area contributed by atoms with Gasteiger partial charge in [0, 0.05) is 13.1 Å². The number of hydrogen-bond donors (Lipinski definition) is 1. The number of unbranched alkanes of at least 4 members (excludes halogenated alkanes) is 1. The first-order valence-corrected chi connectivity index (χ1v) is 11.6. The summed E-state index contributed by atoms with van der Waals surface area (Å²) in [5, 5.41) is 2.93. The number of nitrogens with zero attached hydrogens (tertiary/aromatic N) is 1. The van der Waals surface area contributed by atoms with Gasteiger partial charge in [0.2, 0.25) is 5.91 Å². The van der Waals surface area contributed by atoms with Crippen LogP contribution in [0, 0.1) is 0 Å². The first-order chi connectivity index (χ1) is 15.7. The molecule has 0 aliphatic rings. The molecule has 0 aliphatic carbocycles. The van der Waals surface area contributed by atoms with Gasteiger partial charge in [-0.25, -0.2) is 0 Å². The lowest BCUT2D eigenvalue weighted by Gasteiger charge is -2.29. The van der Waals surface area contributed by atoms with Gasteiger partial charge in [-0.15, -0.1) is 0 Å². The maximum atomic E-state index is 13.3. The molecular weight excluding hydrogens is 416 g/mol. The summed E-state index contributed by atoms with van der Waals surface area (Å²) in [5.41, 5.74) is 1.83. The minimum Gasteiger partial charge on any atom is -0.497 e. The Labute approximate surface area is 198 Å². The minimum absolute atomic E-state index is 0.116. The zero-order chi connectivity index (χ0) is 24.4. The average molecular weight is 455 g/mol. The van der Waals surface area contributed by atoms with Gasteiger partial charge in [0.1, 0.15) is 17.5 Å². The Balaban J connectivity index is 2.19. The first-order valence-electron chi connectivity index (χ1n) is 11.6. The fourth-order valence-corrected chi connectivity index (χ4v) is 3.48. The molecule has 0 aliphatic heterocycles. The number of ether oxygens (including phenoxy) is 2.